The van der Waals surface area contributed by atoms with E-state index < -0.39 is 0 Å². The van der Waals surface area contributed by atoms with Gasteiger partial charge < -0.3 is 14.6 Å². The van der Waals surface area contributed by atoms with Gasteiger partial charge in [-0.3, -0.25) is 0 Å². The normalized spacial score (nSPS) is 22.0. The topological polar surface area (TPSA) is 75.8 Å². The second-order valence-corrected chi connectivity index (χ2v) is 7.10. The Morgan fingerprint density at radius 1 is 1.38 bits per heavy atom. The van der Waals surface area contributed by atoms with Crippen LogP contribution in [-0.2, 0) is 24.1 Å². The number of hydrogen-bond donors (Lipinski definition) is 1. The van der Waals surface area contributed by atoms with E-state index in [0.717, 1.165) is 56.3 Å². The predicted molar refractivity (Wildman–Crippen MR) is 98.8 cm³/mol. The van der Waals surface area contributed by atoms with Crippen LogP contribution in [0, 0.1) is 17.2 Å². The van der Waals surface area contributed by atoms with Gasteiger partial charge in [0.25, 0.3) is 0 Å². The molecule has 3 heterocycles. The Bertz CT molecular complexity index is 822. The van der Waals surface area contributed by atoms with Gasteiger partial charge in [0.1, 0.15) is 23.8 Å². The number of hydrogen-bond acceptors (Lipinski definition) is 5. The standard InChI is InChI=1S/C20H25N5O/c1-2-25-9-8-22-20(25)18-15(7-10-26-18)13-23-19-16(12-21)11-14-5-3-4-6-17(14)24-19/h8-9,11,15,18H,2-7,10,13H2,1H3,(H,23,24)/t15-,18+/m0/s1. The minimum Gasteiger partial charge on any atom is -0.370 e. The molecule has 2 aromatic rings. The highest BCUT2D eigenvalue weighted by Gasteiger charge is 2.32. The minimum atomic E-state index is 0.000568. The fraction of sp³-hybridized carbons (Fsp3) is 0.550. The molecule has 0 radical (unpaired) electrons. The van der Waals surface area contributed by atoms with Crippen molar-refractivity contribution in [3.05, 3.63) is 41.1 Å². The maximum absolute atomic E-state index is 9.51. The minimum absolute atomic E-state index is 0.000568. The lowest BCUT2D eigenvalue weighted by atomic mass is 9.95. The van der Waals surface area contributed by atoms with Crippen LogP contribution in [-0.4, -0.2) is 27.7 Å². The molecule has 0 spiro atoms. The van der Waals surface area contributed by atoms with E-state index in [1.807, 2.05) is 18.5 Å². The summed E-state index contributed by atoms with van der Waals surface area (Å²) in [4.78, 5) is 9.28. The number of aryl methyl sites for hydroxylation is 3. The molecule has 0 bridgehead atoms. The molecule has 4 rings (SSSR count). The molecule has 0 saturated carbocycles. The molecule has 1 saturated heterocycles. The van der Waals surface area contributed by atoms with Crippen molar-refractivity contribution in [2.45, 2.75) is 51.7 Å². The summed E-state index contributed by atoms with van der Waals surface area (Å²) in [5.74, 6) is 2.04. The molecule has 136 valence electrons. The Labute approximate surface area is 154 Å². The average Bonchev–Trinajstić information content (AvgIpc) is 3.33. The van der Waals surface area contributed by atoms with E-state index in [1.165, 1.54) is 18.4 Å². The molecular weight excluding hydrogens is 326 g/mol. The predicted octanol–water partition coefficient (Wildman–Crippen LogP) is 3.24. The molecule has 1 N–H and O–H groups in total. The SMILES string of the molecule is CCn1ccnc1[C@@H]1OCC[C@H]1CNc1nc2c(cc1C#N)CCCC2. The number of fused-ring (bicyclic) bond motifs is 1. The van der Waals surface area contributed by atoms with E-state index in [1.54, 1.807) is 0 Å². The molecule has 6 heteroatoms. The van der Waals surface area contributed by atoms with Gasteiger partial charge in [-0.05, 0) is 50.7 Å². The van der Waals surface area contributed by atoms with Crippen molar-refractivity contribution in [1.82, 2.24) is 14.5 Å². The summed E-state index contributed by atoms with van der Waals surface area (Å²) in [6.07, 6.45) is 9.25. The number of nitrogens with zero attached hydrogens (tertiary/aromatic N) is 4. The van der Waals surface area contributed by atoms with Crippen molar-refractivity contribution in [2.24, 2.45) is 5.92 Å². The number of imidazole rings is 1. The molecule has 1 aliphatic heterocycles. The molecular formula is C20H25N5O. The van der Waals surface area contributed by atoms with Crippen molar-refractivity contribution >= 4 is 5.82 Å². The van der Waals surface area contributed by atoms with Crippen LogP contribution in [0.2, 0.25) is 0 Å². The second kappa shape index (κ2) is 7.46. The van der Waals surface area contributed by atoms with Gasteiger partial charge in [0.05, 0.1) is 5.56 Å². The molecule has 1 fully saturated rings. The zero-order valence-corrected chi connectivity index (χ0v) is 15.2. The lowest BCUT2D eigenvalue weighted by Crippen LogP contribution is -2.22. The Morgan fingerprint density at radius 2 is 2.27 bits per heavy atom. The first-order chi connectivity index (χ1) is 12.8. The molecule has 0 amide bonds. The van der Waals surface area contributed by atoms with Crippen LogP contribution in [0.15, 0.2) is 18.5 Å². The Morgan fingerprint density at radius 3 is 3.12 bits per heavy atom. The first kappa shape index (κ1) is 17.0. The van der Waals surface area contributed by atoms with Crippen LogP contribution >= 0.6 is 0 Å². The smallest absolute Gasteiger partial charge is 0.144 e. The van der Waals surface area contributed by atoms with Crippen LogP contribution in [0.3, 0.4) is 0 Å². The third-order valence-electron chi connectivity index (χ3n) is 5.51. The maximum atomic E-state index is 9.51. The first-order valence-electron chi connectivity index (χ1n) is 9.59. The fourth-order valence-electron chi connectivity index (χ4n) is 4.05. The van der Waals surface area contributed by atoms with Crippen molar-refractivity contribution in [2.75, 3.05) is 18.5 Å². The third kappa shape index (κ3) is 3.19. The average molecular weight is 351 g/mol. The third-order valence-corrected chi connectivity index (χ3v) is 5.51. The summed E-state index contributed by atoms with van der Waals surface area (Å²) >= 11 is 0. The monoisotopic (exact) mass is 351 g/mol. The molecule has 0 unspecified atom stereocenters. The van der Waals surface area contributed by atoms with Gasteiger partial charge in [-0.1, -0.05) is 0 Å². The Hall–Kier alpha value is -2.39. The quantitative estimate of drug-likeness (QED) is 0.895. The number of nitriles is 1. The van der Waals surface area contributed by atoms with Crippen LogP contribution in [0.1, 0.15) is 54.9 Å². The van der Waals surface area contributed by atoms with E-state index in [9.17, 15) is 5.26 Å². The first-order valence-corrected chi connectivity index (χ1v) is 9.59. The molecule has 1 aliphatic carbocycles. The second-order valence-electron chi connectivity index (χ2n) is 7.10. The molecule has 0 aromatic carbocycles. The van der Waals surface area contributed by atoms with Crippen LogP contribution < -0.4 is 5.32 Å². The van der Waals surface area contributed by atoms with E-state index in [2.05, 4.69) is 27.9 Å². The molecule has 6 nitrogen and oxygen atoms in total. The van der Waals surface area contributed by atoms with Gasteiger partial charge in [0, 0.05) is 43.7 Å². The number of anilines is 1. The van der Waals surface area contributed by atoms with Crippen LogP contribution in [0.5, 0.6) is 0 Å². The summed E-state index contributed by atoms with van der Waals surface area (Å²) in [5.41, 5.74) is 3.04. The maximum Gasteiger partial charge on any atom is 0.144 e. The lowest BCUT2D eigenvalue weighted by molar-refractivity contribution is 0.0832. The number of ether oxygens (including phenoxy) is 1. The largest absolute Gasteiger partial charge is 0.370 e. The number of nitrogens with one attached hydrogen (secondary N) is 1. The molecule has 2 aliphatic rings. The van der Waals surface area contributed by atoms with Crippen LogP contribution in [0.4, 0.5) is 5.82 Å². The summed E-state index contributed by atoms with van der Waals surface area (Å²) in [5, 5.41) is 12.9. The van der Waals surface area contributed by atoms with Gasteiger partial charge in [0.2, 0.25) is 0 Å². The van der Waals surface area contributed by atoms with Gasteiger partial charge in [-0.2, -0.15) is 5.26 Å². The summed E-state index contributed by atoms with van der Waals surface area (Å²) in [6.45, 7) is 4.49. The highest BCUT2D eigenvalue weighted by molar-refractivity contribution is 5.54. The number of pyridine rings is 1. The van der Waals surface area contributed by atoms with E-state index in [0.29, 0.717) is 11.5 Å². The van der Waals surface area contributed by atoms with Gasteiger partial charge >= 0.3 is 0 Å². The van der Waals surface area contributed by atoms with Crippen molar-refractivity contribution < 1.29 is 4.74 Å². The van der Waals surface area contributed by atoms with Crippen LogP contribution in [0.25, 0.3) is 0 Å². The highest BCUT2D eigenvalue weighted by atomic mass is 16.5. The van der Waals surface area contributed by atoms with E-state index >= 15 is 0 Å². The van der Waals surface area contributed by atoms with Gasteiger partial charge in [-0.25, -0.2) is 9.97 Å². The fourth-order valence-corrected chi connectivity index (χ4v) is 4.05. The van der Waals surface area contributed by atoms with Gasteiger partial charge in [0.15, 0.2) is 0 Å². The molecule has 2 aromatic heterocycles. The summed E-state index contributed by atoms with van der Waals surface area (Å²) in [7, 11) is 0. The van der Waals surface area contributed by atoms with E-state index in [-0.39, 0.29) is 6.10 Å². The summed E-state index contributed by atoms with van der Waals surface area (Å²) in [6, 6.07) is 4.33. The van der Waals surface area contributed by atoms with Crippen molar-refractivity contribution in [1.29, 1.82) is 5.26 Å². The Balaban J connectivity index is 1.51. The van der Waals surface area contributed by atoms with Crippen molar-refractivity contribution in [3.63, 3.8) is 0 Å². The zero-order valence-electron chi connectivity index (χ0n) is 15.2. The van der Waals surface area contributed by atoms with Gasteiger partial charge in [-0.15, -0.1) is 0 Å². The Kier molecular flexibility index (Phi) is 4.89. The lowest BCUT2D eigenvalue weighted by Gasteiger charge is -2.21. The number of rotatable bonds is 5. The zero-order chi connectivity index (χ0) is 17.9. The van der Waals surface area contributed by atoms with Crippen molar-refractivity contribution in [3.8, 4) is 6.07 Å². The summed E-state index contributed by atoms with van der Waals surface area (Å²) < 4.78 is 8.12. The molecule has 2 atom stereocenters. The van der Waals surface area contributed by atoms with E-state index in [4.69, 9.17) is 9.72 Å². The highest BCUT2D eigenvalue weighted by Crippen LogP contribution is 2.34. The molecule has 26 heavy (non-hydrogen) atoms. The number of aromatic nitrogens is 3.